The van der Waals surface area contributed by atoms with Crippen molar-refractivity contribution in [1.29, 1.82) is 0 Å². The lowest BCUT2D eigenvalue weighted by Crippen LogP contribution is -2.09. The summed E-state index contributed by atoms with van der Waals surface area (Å²) < 4.78 is 10.5. The SMILES string of the molecule is COc1ccc(C(=O)C=Cc2ccccc2OC(=O)c2ccc([N+](=O)[O-])cc2)cc1. The van der Waals surface area contributed by atoms with Crippen LogP contribution in [0, 0.1) is 10.1 Å². The second-order valence-electron chi connectivity index (χ2n) is 6.16. The Balaban J connectivity index is 1.74. The minimum absolute atomic E-state index is 0.119. The summed E-state index contributed by atoms with van der Waals surface area (Å²) in [5.41, 5.74) is 1.09. The number of nitro groups is 1. The van der Waals surface area contributed by atoms with Gasteiger partial charge in [-0.1, -0.05) is 18.2 Å². The molecule has 0 amide bonds. The molecule has 150 valence electrons. The van der Waals surface area contributed by atoms with Crippen LogP contribution in [0.1, 0.15) is 26.3 Å². The summed E-state index contributed by atoms with van der Waals surface area (Å²) in [6, 6.07) is 18.6. The maximum atomic E-state index is 12.4. The van der Waals surface area contributed by atoms with E-state index >= 15 is 0 Å². The summed E-state index contributed by atoms with van der Waals surface area (Å²) in [6.07, 6.45) is 2.95. The van der Waals surface area contributed by atoms with Crippen LogP contribution < -0.4 is 9.47 Å². The highest BCUT2D eigenvalue weighted by atomic mass is 16.6. The Morgan fingerprint density at radius 3 is 2.17 bits per heavy atom. The number of non-ortho nitro benzene ring substituents is 1. The van der Waals surface area contributed by atoms with Gasteiger partial charge in [0.05, 0.1) is 17.6 Å². The standard InChI is InChI=1S/C23H17NO6/c1-29-20-13-8-16(9-14-20)21(25)15-10-17-4-2-3-5-22(17)30-23(26)18-6-11-19(12-7-18)24(27)28/h2-15H,1H3. The molecule has 0 aliphatic rings. The van der Waals surface area contributed by atoms with Crippen LogP contribution in [0.2, 0.25) is 0 Å². The Kier molecular flexibility index (Phi) is 6.34. The van der Waals surface area contributed by atoms with Crippen LogP contribution in [-0.4, -0.2) is 23.8 Å². The number of carbonyl (C=O) groups is 2. The van der Waals surface area contributed by atoms with Gasteiger partial charge in [0.2, 0.25) is 0 Å². The fourth-order valence-electron chi connectivity index (χ4n) is 2.61. The molecule has 0 aromatic heterocycles. The molecule has 0 unspecified atom stereocenters. The first kappa shape index (κ1) is 20.5. The van der Waals surface area contributed by atoms with Crippen LogP contribution in [0.5, 0.6) is 11.5 Å². The lowest BCUT2D eigenvalue weighted by molar-refractivity contribution is -0.384. The van der Waals surface area contributed by atoms with Gasteiger partial charge in [-0.3, -0.25) is 14.9 Å². The molecule has 0 fully saturated rings. The normalized spacial score (nSPS) is 10.6. The number of nitrogens with zero attached hydrogens (tertiary/aromatic N) is 1. The van der Waals surface area contributed by atoms with E-state index in [-0.39, 0.29) is 22.8 Å². The minimum atomic E-state index is -0.660. The van der Waals surface area contributed by atoms with E-state index in [9.17, 15) is 19.7 Å². The predicted octanol–water partition coefficient (Wildman–Crippen LogP) is 4.72. The van der Waals surface area contributed by atoms with Crippen molar-refractivity contribution in [1.82, 2.24) is 0 Å². The second kappa shape index (κ2) is 9.29. The monoisotopic (exact) mass is 403 g/mol. The van der Waals surface area contributed by atoms with E-state index in [4.69, 9.17) is 9.47 Å². The van der Waals surface area contributed by atoms with E-state index in [0.717, 1.165) is 0 Å². The minimum Gasteiger partial charge on any atom is -0.497 e. The summed E-state index contributed by atoms with van der Waals surface area (Å²) >= 11 is 0. The maximum Gasteiger partial charge on any atom is 0.343 e. The van der Waals surface area contributed by atoms with Gasteiger partial charge in [0.1, 0.15) is 11.5 Å². The zero-order valence-electron chi connectivity index (χ0n) is 16.0. The fourth-order valence-corrected chi connectivity index (χ4v) is 2.61. The van der Waals surface area contributed by atoms with Gasteiger partial charge in [0.15, 0.2) is 5.78 Å². The van der Waals surface area contributed by atoms with Crippen LogP contribution in [0.4, 0.5) is 5.69 Å². The Morgan fingerprint density at radius 1 is 0.900 bits per heavy atom. The van der Waals surface area contributed by atoms with Crippen molar-refractivity contribution in [2.24, 2.45) is 0 Å². The molecule has 7 nitrogen and oxygen atoms in total. The summed E-state index contributed by atoms with van der Waals surface area (Å²) in [6.45, 7) is 0. The first-order valence-corrected chi connectivity index (χ1v) is 8.90. The number of ketones is 1. The maximum absolute atomic E-state index is 12.4. The molecule has 7 heteroatoms. The largest absolute Gasteiger partial charge is 0.497 e. The quantitative estimate of drug-likeness (QED) is 0.141. The molecule has 0 saturated heterocycles. The van der Waals surface area contributed by atoms with E-state index in [1.54, 1.807) is 61.7 Å². The Labute approximate surface area is 172 Å². The molecule has 0 aliphatic carbocycles. The summed E-state index contributed by atoms with van der Waals surface area (Å²) in [5.74, 6) is 0.0417. The first-order chi connectivity index (χ1) is 14.5. The predicted molar refractivity (Wildman–Crippen MR) is 111 cm³/mol. The van der Waals surface area contributed by atoms with Crippen molar-refractivity contribution in [3.63, 3.8) is 0 Å². The van der Waals surface area contributed by atoms with Gasteiger partial charge in [-0.05, 0) is 54.6 Å². The summed E-state index contributed by atoms with van der Waals surface area (Å²) in [5, 5.41) is 10.7. The van der Waals surface area contributed by atoms with E-state index in [1.165, 1.54) is 30.3 Å². The number of methoxy groups -OCH3 is 1. The highest BCUT2D eigenvalue weighted by Crippen LogP contribution is 2.22. The number of allylic oxidation sites excluding steroid dienone is 1. The van der Waals surface area contributed by atoms with Crippen molar-refractivity contribution in [3.05, 3.63) is 106 Å². The summed E-state index contributed by atoms with van der Waals surface area (Å²) in [7, 11) is 1.55. The Bertz CT molecular complexity index is 1100. The third-order valence-corrected chi connectivity index (χ3v) is 4.22. The molecule has 30 heavy (non-hydrogen) atoms. The second-order valence-corrected chi connectivity index (χ2v) is 6.16. The number of esters is 1. The molecule has 3 aromatic rings. The van der Waals surface area contributed by atoms with E-state index < -0.39 is 10.9 Å². The third-order valence-electron chi connectivity index (χ3n) is 4.22. The van der Waals surface area contributed by atoms with Crippen molar-refractivity contribution in [2.75, 3.05) is 7.11 Å². The average Bonchev–Trinajstić information content (AvgIpc) is 2.78. The molecule has 3 rings (SSSR count). The molecule has 0 N–H and O–H groups in total. The lowest BCUT2D eigenvalue weighted by atomic mass is 10.1. The number of rotatable bonds is 7. The number of ether oxygens (including phenoxy) is 2. The van der Waals surface area contributed by atoms with Crippen LogP contribution in [0.15, 0.2) is 78.9 Å². The zero-order chi connectivity index (χ0) is 21.5. The highest BCUT2D eigenvalue weighted by Gasteiger charge is 2.13. The van der Waals surface area contributed by atoms with Gasteiger partial charge >= 0.3 is 5.97 Å². The van der Waals surface area contributed by atoms with Crippen LogP contribution >= 0.6 is 0 Å². The molecule has 0 bridgehead atoms. The van der Waals surface area contributed by atoms with Crippen LogP contribution in [-0.2, 0) is 0 Å². The van der Waals surface area contributed by atoms with Crippen LogP contribution in [0.25, 0.3) is 6.08 Å². The topological polar surface area (TPSA) is 95.7 Å². The van der Waals surface area contributed by atoms with Crippen molar-refractivity contribution < 1.29 is 24.0 Å². The van der Waals surface area contributed by atoms with Gasteiger partial charge in [-0.2, -0.15) is 0 Å². The third kappa shape index (κ3) is 4.96. The Hall–Kier alpha value is -4.26. The molecule has 0 spiro atoms. The van der Waals surface area contributed by atoms with Crippen molar-refractivity contribution in [3.8, 4) is 11.5 Å². The number of para-hydroxylation sites is 1. The Morgan fingerprint density at radius 2 is 1.53 bits per heavy atom. The lowest BCUT2D eigenvalue weighted by Gasteiger charge is -2.07. The van der Waals surface area contributed by atoms with Crippen molar-refractivity contribution >= 4 is 23.5 Å². The summed E-state index contributed by atoms with van der Waals surface area (Å²) in [4.78, 5) is 34.9. The molecule has 0 radical (unpaired) electrons. The molecule has 0 heterocycles. The van der Waals surface area contributed by atoms with E-state index in [0.29, 0.717) is 16.9 Å². The number of carbonyl (C=O) groups excluding carboxylic acids is 2. The molecular weight excluding hydrogens is 386 g/mol. The van der Waals surface area contributed by atoms with Gasteiger partial charge in [0.25, 0.3) is 5.69 Å². The number of hydrogen-bond donors (Lipinski definition) is 0. The van der Waals surface area contributed by atoms with Gasteiger partial charge in [-0.15, -0.1) is 0 Å². The van der Waals surface area contributed by atoms with Gasteiger partial charge in [-0.25, -0.2) is 4.79 Å². The number of nitro benzene ring substituents is 1. The van der Waals surface area contributed by atoms with Gasteiger partial charge < -0.3 is 9.47 Å². The average molecular weight is 403 g/mol. The molecule has 3 aromatic carbocycles. The smallest absolute Gasteiger partial charge is 0.343 e. The zero-order valence-corrected chi connectivity index (χ0v) is 16.0. The molecular formula is C23H17NO6. The number of hydrogen-bond acceptors (Lipinski definition) is 6. The highest BCUT2D eigenvalue weighted by molar-refractivity contribution is 6.07. The number of benzene rings is 3. The van der Waals surface area contributed by atoms with Crippen LogP contribution in [0.3, 0.4) is 0 Å². The first-order valence-electron chi connectivity index (χ1n) is 8.90. The molecule has 0 atom stereocenters. The van der Waals surface area contributed by atoms with Crippen molar-refractivity contribution in [2.45, 2.75) is 0 Å². The van der Waals surface area contributed by atoms with E-state index in [1.807, 2.05) is 0 Å². The molecule has 0 saturated carbocycles. The van der Waals surface area contributed by atoms with E-state index in [2.05, 4.69) is 0 Å². The molecule has 0 aliphatic heterocycles. The van der Waals surface area contributed by atoms with Gasteiger partial charge in [0, 0.05) is 23.3 Å². The fraction of sp³-hybridized carbons (Fsp3) is 0.0435.